The molecular weight excluding hydrogens is 232 g/mol. The summed E-state index contributed by atoms with van der Waals surface area (Å²) in [6, 6.07) is 0. The van der Waals surface area contributed by atoms with Gasteiger partial charge in [0.25, 0.3) is 0 Å². The quantitative estimate of drug-likeness (QED) is 0.471. The summed E-state index contributed by atoms with van der Waals surface area (Å²) < 4.78 is 10.3. The fourth-order valence-electron chi connectivity index (χ4n) is 1.53. The van der Waals surface area contributed by atoms with Crippen molar-refractivity contribution in [3.05, 3.63) is 0 Å². The van der Waals surface area contributed by atoms with Crippen LogP contribution in [0.15, 0.2) is 0 Å². The molecule has 106 valence electrons. The van der Waals surface area contributed by atoms with Gasteiger partial charge in [-0.25, -0.2) is 0 Å². The molecule has 0 bridgehead atoms. The molecule has 4 heteroatoms. The maximum Gasteiger partial charge on any atom is 0.306 e. The molecule has 0 heterocycles. The van der Waals surface area contributed by atoms with Crippen LogP contribution in [-0.2, 0) is 19.1 Å². The van der Waals surface area contributed by atoms with Crippen molar-refractivity contribution in [2.75, 3.05) is 6.61 Å². The predicted octanol–water partition coefficient (Wildman–Crippen LogP) is 3.09. The summed E-state index contributed by atoms with van der Waals surface area (Å²) >= 11 is 0. The molecule has 0 amide bonds. The van der Waals surface area contributed by atoms with Gasteiger partial charge in [0.05, 0.1) is 19.4 Å². The minimum Gasteiger partial charge on any atom is -0.466 e. The van der Waals surface area contributed by atoms with E-state index in [0.29, 0.717) is 12.5 Å². The van der Waals surface area contributed by atoms with Gasteiger partial charge in [0.1, 0.15) is 6.10 Å². The van der Waals surface area contributed by atoms with Crippen LogP contribution in [0.4, 0.5) is 0 Å². The molecule has 0 aromatic heterocycles. The molecule has 0 aliphatic heterocycles. The van der Waals surface area contributed by atoms with Gasteiger partial charge in [-0.3, -0.25) is 9.59 Å². The molecular formula is C14H26O4. The Morgan fingerprint density at radius 3 is 2.17 bits per heavy atom. The first-order chi connectivity index (χ1) is 8.51. The highest BCUT2D eigenvalue weighted by molar-refractivity contribution is 5.77. The van der Waals surface area contributed by atoms with Gasteiger partial charge < -0.3 is 9.47 Å². The lowest BCUT2D eigenvalue weighted by atomic mass is 10.1. The van der Waals surface area contributed by atoms with Gasteiger partial charge >= 0.3 is 11.9 Å². The third-order valence-electron chi connectivity index (χ3n) is 2.72. The van der Waals surface area contributed by atoms with Gasteiger partial charge in [0, 0.05) is 0 Å². The van der Waals surface area contributed by atoms with Crippen molar-refractivity contribution >= 4 is 11.9 Å². The van der Waals surface area contributed by atoms with E-state index in [-0.39, 0.29) is 30.9 Å². The van der Waals surface area contributed by atoms with Gasteiger partial charge in [0.2, 0.25) is 0 Å². The summed E-state index contributed by atoms with van der Waals surface area (Å²) in [6.07, 6.45) is 2.80. The number of unbranched alkanes of at least 4 members (excludes halogenated alkanes) is 1. The Balaban J connectivity index is 3.78. The lowest BCUT2D eigenvalue weighted by Crippen LogP contribution is -2.23. The Bertz CT molecular complexity index is 248. The number of rotatable bonds is 9. The molecule has 0 saturated carbocycles. The normalized spacial score (nSPS) is 12.3. The number of esters is 2. The molecule has 4 nitrogen and oxygen atoms in total. The molecule has 0 aliphatic carbocycles. The summed E-state index contributed by atoms with van der Waals surface area (Å²) in [7, 11) is 0. The smallest absolute Gasteiger partial charge is 0.306 e. The minimum absolute atomic E-state index is 0.0615. The van der Waals surface area contributed by atoms with E-state index in [9.17, 15) is 9.59 Å². The van der Waals surface area contributed by atoms with Crippen molar-refractivity contribution in [2.45, 2.75) is 65.9 Å². The van der Waals surface area contributed by atoms with Crippen LogP contribution in [0.25, 0.3) is 0 Å². The van der Waals surface area contributed by atoms with Crippen LogP contribution in [-0.4, -0.2) is 24.6 Å². The molecule has 0 fully saturated rings. The summed E-state index contributed by atoms with van der Waals surface area (Å²) in [4.78, 5) is 22.8. The summed E-state index contributed by atoms with van der Waals surface area (Å²) in [6.45, 7) is 8.48. The van der Waals surface area contributed by atoms with Crippen LogP contribution in [0.3, 0.4) is 0 Å². The van der Waals surface area contributed by atoms with E-state index >= 15 is 0 Å². The highest BCUT2D eigenvalue weighted by atomic mass is 16.5. The Morgan fingerprint density at radius 2 is 1.67 bits per heavy atom. The van der Waals surface area contributed by atoms with Crippen molar-refractivity contribution in [2.24, 2.45) is 5.92 Å². The summed E-state index contributed by atoms with van der Waals surface area (Å²) in [5.41, 5.74) is 0. The number of hydrogen-bond donors (Lipinski definition) is 0. The molecule has 1 unspecified atom stereocenters. The second kappa shape index (κ2) is 9.92. The molecule has 0 spiro atoms. The highest BCUT2D eigenvalue weighted by Crippen LogP contribution is 2.12. The van der Waals surface area contributed by atoms with E-state index in [1.807, 2.05) is 27.7 Å². The van der Waals surface area contributed by atoms with Gasteiger partial charge in [-0.05, 0) is 18.8 Å². The van der Waals surface area contributed by atoms with E-state index in [2.05, 4.69) is 0 Å². The lowest BCUT2D eigenvalue weighted by Gasteiger charge is -2.19. The molecule has 18 heavy (non-hydrogen) atoms. The zero-order chi connectivity index (χ0) is 14.0. The fourth-order valence-corrected chi connectivity index (χ4v) is 1.53. The number of hydrogen-bond acceptors (Lipinski definition) is 4. The maximum absolute atomic E-state index is 11.5. The second-order valence-electron chi connectivity index (χ2n) is 4.75. The van der Waals surface area contributed by atoms with Crippen LogP contribution in [0.1, 0.15) is 59.8 Å². The first kappa shape index (κ1) is 16.9. The molecule has 0 aromatic carbocycles. The lowest BCUT2D eigenvalue weighted by molar-refractivity contribution is -0.155. The average Bonchev–Trinajstić information content (AvgIpc) is 2.33. The summed E-state index contributed by atoms with van der Waals surface area (Å²) in [5, 5.41) is 0. The van der Waals surface area contributed by atoms with Crippen LogP contribution >= 0.6 is 0 Å². The van der Waals surface area contributed by atoms with Crippen molar-refractivity contribution in [3.8, 4) is 0 Å². The predicted molar refractivity (Wildman–Crippen MR) is 70.1 cm³/mol. The van der Waals surface area contributed by atoms with Crippen molar-refractivity contribution < 1.29 is 19.1 Å². The van der Waals surface area contributed by atoms with Gasteiger partial charge in [-0.2, -0.15) is 0 Å². The molecule has 0 aliphatic rings. The fraction of sp³-hybridized carbons (Fsp3) is 0.857. The zero-order valence-electron chi connectivity index (χ0n) is 12.0. The SMILES string of the molecule is CCCCOC(=O)CCC(=O)OC(CC)C(C)C. The van der Waals surface area contributed by atoms with Crippen LogP contribution in [0.5, 0.6) is 0 Å². The van der Waals surface area contributed by atoms with Gasteiger partial charge in [-0.1, -0.05) is 34.1 Å². The van der Waals surface area contributed by atoms with E-state index in [1.54, 1.807) is 0 Å². The first-order valence-electron chi connectivity index (χ1n) is 6.86. The van der Waals surface area contributed by atoms with E-state index < -0.39 is 0 Å². The molecule has 1 atom stereocenters. The van der Waals surface area contributed by atoms with Crippen LogP contribution in [0, 0.1) is 5.92 Å². The Morgan fingerprint density at radius 1 is 1.06 bits per heavy atom. The van der Waals surface area contributed by atoms with E-state index in [4.69, 9.17) is 9.47 Å². The summed E-state index contributed by atoms with van der Waals surface area (Å²) in [5.74, 6) is -0.337. The molecule has 0 radical (unpaired) electrons. The van der Waals surface area contributed by atoms with E-state index in [0.717, 1.165) is 19.3 Å². The number of ether oxygens (including phenoxy) is 2. The van der Waals surface area contributed by atoms with Gasteiger partial charge in [0.15, 0.2) is 0 Å². The molecule has 0 aromatic rings. The van der Waals surface area contributed by atoms with Crippen molar-refractivity contribution in [3.63, 3.8) is 0 Å². The second-order valence-corrected chi connectivity index (χ2v) is 4.75. The van der Waals surface area contributed by atoms with Crippen molar-refractivity contribution in [1.82, 2.24) is 0 Å². The van der Waals surface area contributed by atoms with Crippen LogP contribution in [0.2, 0.25) is 0 Å². The third kappa shape index (κ3) is 8.09. The minimum atomic E-state index is -0.321. The monoisotopic (exact) mass is 258 g/mol. The van der Waals surface area contributed by atoms with Crippen molar-refractivity contribution in [1.29, 1.82) is 0 Å². The maximum atomic E-state index is 11.5. The number of carbonyl (C=O) groups is 2. The topological polar surface area (TPSA) is 52.6 Å². The standard InChI is InChI=1S/C14H26O4/c1-5-7-10-17-13(15)8-9-14(16)18-12(6-2)11(3)4/h11-12H,5-10H2,1-4H3. The van der Waals surface area contributed by atoms with E-state index in [1.165, 1.54) is 0 Å². The zero-order valence-corrected chi connectivity index (χ0v) is 12.0. The molecule has 0 saturated heterocycles. The third-order valence-corrected chi connectivity index (χ3v) is 2.72. The first-order valence-corrected chi connectivity index (χ1v) is 6.86. The Kier molecular flexibility index (Phi) is 9.33. The number of carbonyl (C=O) groups excluding carboxylic acids is 2. The Hall–Kier alpha value is -1.06. The Labute approximate surface area is 110 Å². The van der Waals surface area contributed by atoms with Crippen LogP contribution < -0.4 is 0 Å². The van der Waals surface area contributed by atoms with Gasteiger partial charge in [-0.15, -0.1) is 0 Å². The highest BCUT2D eigenvalue weighted by Gasteiger charge is 2.17. The molecule has 0 N–H and O–H groups in total. The average molecular weight is 258 g/mol. The largest absolute Gasteiger partial charge is 0.466 e. The molecule has 0 rings (SSSR count).